The van der Waals surface area contributed by atoms with E-state index in [0.29, 0.717) is 0 Å². The molecule has 2 rings (SSSR count). The number of hydrogen-bond donors (Lipinski definition) is 0. The van der Waals surface area contributed by atoms with Crippen LogP contribution in [0.1, 0.15) is 5.56 Å². The summed E-state index contributed by atoms with van der Waals surface area (Å²) >= 11 is 0. The highest BCUT2D eigenvalue weighted by molar-refractivity contribution is 5.66. The number of para-hydroxylation sites is 2. The van der Waals surface area contributed by atoms with Gasteiger partial charge in [0.1, 0.15) is 0 Å². The lowest BCUT2D eigenvalue weighted by atomic mass is 10.1. The minimum atomic E-state index is 1.05. The Morgan fingerprint density at radius 2 is 1.47 bits per heavy atom. The molecule has 0 aliphatic carbocycles. The maximum atomic E-state index is 4.03. The minimum absolute atomic E-state index is 1.05. The molecular formula is C14H14N. The molecule has 75 valence electrons. The first kappa shape index (κ1) is 9.78. The van der Waals surface area contributed by atoms with Gasteiger partial charge in [0.25, 0.3) is 0 Å². The van der Waals surface area contributed by atoms with Gasteiger partial charge in [0.15, 0.2) is 0 Å². The number of anilines is 2. The summed E-state index contributed by atoms with van der Waals surface area (Å²) in [6.07, 6.45) is 0. The van der Waals surface area contributed by atoms with Crippen LogP contribution in [0.3, 0.4) is 0 Å². The van der Waals surface area contributed by atoms with Crippen LogP contribution in [0, 0.1) is 6.92 Å². The first-order valence-corrected chi connectivity index (χ1v) is 4.99. The SMILES string of the molecule is [CH2]c1ccccc1N(C)c1ccccc1. The van der Waals surface area contributed by atoms with Gasteiger partial charge in [0.2, 0.25) is 0 Å². The van der Waals surface area contributed by atoms with Gasteiger partial charge in [-0.05, 0) is 30.7 Å². The molecule has 0 amide bonds. The lowest BCUT2D eigenvalue weighted by Crippen LogP contribution is -2.10. The third kappa shape index (κ3) is 2.01. The minimum Gasteiger partial charge on any atom is -0.344 e. The Labute approximate surface area is 91.0 Å². The van der Waals surface area contributed by atoms with Crippen molar-refractivity contribution in [3.63, 3.8) is 0 Å². The van der Waals surface area contributed by atoms with Crippen LogP contribution in [0.15, 0.2) is 54.6 Å². The van der Waals surface area contributed by atoms with E-state index in [2.05, 4.69) is 37.1 Å². The van der Waals surface area contributed by atoms with Gasteiger partial charge in [-0.25, -0.2) is 0 Å². The predicted molar refractivity (Wildman–Crippen MR) is 65.4 cm³/mol. The van der Waals surface area contributed by atoms with Crippen molar-refractivity contribution < 1.29 is 0 Å². The number of nitrogens with zero attached hydrogens (tertiary/aromatic N) is 1. The van der Waals surface area contributed by atoms with Gasteiger partial charge in [0.05, 0.1) is 0 Å². The molecule has 0 aliphatic heterocycles. The van der Waals surface area contributed by atoms with Crippen LogP contribution in [-0.4, -0.2) is 7.05 Å². The van der Waals surface area contributed by atoms with E-state index in [0.717, 1.165) is 11.3 Å². The second kappa shape index (κ2) is 4.18. The first-order chi connectivity index (χ1) is 7.29. The van der Waals surface area contributed by atoms with Gasteiger partial charge in [-0.15, -0.1) is 0 Å². The maximum absolute atomic E-state index is 4.03. The van der Waals surface area contributed by atoms with Crippen molar-refractivity contribution in [2.75, 3.05) is 11.9 Å². The van der Waals surface area contributed by atoms with Crippen LogP contribution in [0.4, 0.5) is 11.4 Å². The average Bonchev–Trinajstić information content (AvgIpc) is 2.30. The Morgan fingerprint density at radius 1 is 0.867 bits per heavy atom. The molecule has 0 saturated heterocycles. The van der Waals surface area contributed by atoms with Crippen molar-refractivity contribution in [2.24, 2.45) is 0 Å². The molecule has 0 spiro atoms. The third-order valence-electron chi connectivity index (χ3n) is 2.50. The third-order valence-corrected chi connectivity index (χ3v) is 2.50. The van der Waals surface area contributed by atoms with Gasteiger partial charge in [0, 0.05) is 18.4 Å². The standard InChI is InChI=1S/C14H14N/c1-12-8-6-7-11-14(12)15(2)13-9-4-3-5-10-13/h3-11H,1H2,2H3. The smallest absolute Gasteiger partial charge is 0.0440 e. The van der Waals surface area contributed by atoms with E-state index in [1.807, 2.05) is 36.4 Å². The van der Waals surface area contributed by atoms with E-state index in [-0.39, 0.29) is 0 Å². The Hall–Kier alpha value is -1.76. The van der Waals surface area contributed by atoms with E-state index in [1.165, 1.54) is 5.69 Å². The largest absolute Gasteiger partial charge is 0.344 e. The van der Waals surface area contributed by atoms with Crippen molar-refractivity contribution in [1.82, 2.24) is 0 Å². The molecule has 1 heteroatoms. The molecule has 0 bridgehead atoms. The predicted octanol–water partition coefficient (Wildman–Crippen LogP) is 3.64. The number of rotatable bonds is 2. The highest BCUT2D eigenvalue weighted by Gasteiger charge is 2.04. The highest BCUT2D eigenvalue weighted by Crippen LogP contribution is 2.25. The zero-order valence-electron chi connectivity index (χ0n) is 8.85. The summed E-state index contributed by atoms with van der Waals surface area (Å²) in [5, 5.41) is 0. The molecule has 0 aromatic heterocycles. The summed E-state index contributed by atoms with van der Waals surface area (Å²) in [6.45, 7) is 4.03. The Morgan fingerprint density at radius 3 is 2.13 bits per heavy atom. The zero-order valence-corrected chi connectivity index (χ0v) is 8.85. The Balaban J connectivity index is 2.37. The summed E-state index contributed by atoms with van der Waals surface area (Å²) in [6, 6.07) is 18.4. The quantitative estimate of drug-likeness (QED) is 0.708. The topological polar surface area (TPSA) is 3.24 Å². The van der Waals surface area contributed by atoms with Gasteiger partial charge >= 0.3 is 0 Å². The molecule has 0 saturated carbocycles. The molecule has 1 nitrogen and oxygen atoms in total. The monoisotopic (exact) mass is 196 g/mol. The van der Waals surface area contributed by atoms with Crippen LogP contribution in [0.2, 0.25) is 0 Å². The van der Waals surface area contributed by atoms with Gasteiger partial charge in [-0.3, -0.25) is 0 Å². The van der Waals surface area contributed by atoms with Crippen molar-refractivity contribution in [3.8, 4) is 0 Å². The molecule has 0 aliphatic rings. The van der Waals surface area contributed by atoms with Crippen molar-refractivity contribution in [2.45, 2.75) is 0 Å². The molecule has 2 aromatic rings. The molecule has 2 aromatic carbocycles. The van der Waals surface area contributed by atoms with Gasteiger partial charge < -0.3 is 4.90 Å². The Kier molecular flexibility index (Phi) is 2.72. The molecule has 0 unspecified atom stereocenters. The van der Waals surface area contributed by atoms with Crippen LogP contribution in [0.25, 0.3) is 0 Å². The van der Waals surface area contributed by atoms with Crippen molar-refractivity contribution in [3.05, 3.63) is 67.1 Å². The molecule has 15 heavy (non-hydrogen) atoms. The van der Waals surface area contributed by atoms with Crippen molar-refractivity contribution in [1.29, 1.82) is 0 Å². The summed E-state index contributed by atoms with van der Waals surface area (Å²) in [7, 11) is 2.05. The van der Waals surface area contributed by atoms with E-state index < -0.39 is 0 Å². The van der Waals surface area contributed by atoms with E-state index >= 15 is 0 Å². The summed E-state index contributed by atoms with van der Waals surface area (Å²) in [5.41, 5.74) is 3.36. The second-order valence-electron chi connectivity index (χ2n) is 3.52. The Bertz CT molecular complexity index is 434. The normalized spacial score (nSPS) is 10.0. The van der Waals surface area contributed by atoms with Crippen LogP contribution in [-0.2, 0) is 0 Å². The first-order valence-electron chi connectivity index (χ1n) is 4.99. The summed E-state index contributed by atoms with van der Waals surface area (Å²) in [5.74, 6) is 0. The van der Waals surface area contributed by atoms with E-state index in [1.54, 1.807) is 0 Å². The van der Waals surface area contributed by atoms with Crippen LogP contribution in [0.5, 0.6) is 0 Å². The number of hydrogen-bond acceptors (Lipinski definition) is 1. The molecular weight excluding hydrogens is 182 g/mol. The van der Waals surface area contributed by atoms with Crippen LogP contribution >= 0.6 is 0 Å². The summed E-state index contributed by atoms with van der Waals surface area (Å²) < 4.78 is 0. The fraction of sp³-hybridized carbons (Fsp3) is 0.0714. The molecule has 0 fully saturated rings. The molecule has 0 heterocycles. The van der Waals surface area contributed by atoms with Gasteiger partial charge in [-0.1, -0.05) is 36.4 Å². The lowest BCUT2D eigenvalue weighted by molar-refractivity contribution is 1.20. The number of benzene rings is 2. The zero-order chi connectivity index (χ0) is 10.7. The summed E-state index contributed by atoms with van der Waals surface area (Å²) in [4.78, 5) is 2.14. The molecule has 1 radical (unpaired) electrons. The highest BCUT2D eigenvalue weighted by atomic mass is 15.1. The average molecular weight is 196 g/mol. The molecule has 0 atom stereocenters. The van der Waals surface area contributed by atoms with Crippen LogP contribution < -0.4 is 4.90 Å². The fourth-order valence-corrected chi connectivity index (χ4v) is 1.63. The van der Waals surface area contributed by atoms with E-state index in [4.69, 9.17) is 0 Å². The second-order valence-corrected chi connectivity index (χ2v) is 3.52. The maximum Gasteiger partial charge on any atom is 0.0440 e. The lowest BCUT2D eigenvalue weighted by Gasteiger charge is -2.21. The van der Waals surface area contributed by atoms with Crippen molar-refractivity contribution >= 4 is 11.4 Å². The fourth-order valence-electron chi connectivity index (χ4n) is 1.63. The van der Waals surface area contributed by atoms with Gasteiger partial charge in [-0.2, -0.15) is 0 Å². The molecule has 0 N–H and O–H groups in total. The van der Waals surface area contributed by atoms with E-state index in [9.17, 15) is 0 Å².